The number of amides is 2. The Kier molecular flexibility index (Phi) is 8.64. The van der Waals surface area contributed by atoms with Crippen molar-refractivity contribution < 1.29 is 36.6 Å². The molecule has 44 heavy (non-hydrogen) atoms. The van der Waals surface area contributed by atoms with Crippen LogP contribution in [0.4, 0.5) is 43.9 Å². The van der Waals surface area contributed by atoms with Crippen molar-refractivity contribution in [3.05, 3.63) is 71.4 Å². The summed E-state index contributed by atoms with van der Waals surface area (Å²) in [4.78, 5) is 36.1. The molecular weight excluding hydrogens is 587 g/mol. The van der Waals surface area contributed by atoms with Gasteiger partial charge in [0.2, 0.25) is 0 Å². The number of rotatable bonds is 5. The lowest BCUT2D eigenvalue weighted by Gasteiger charge is -2.39. The van der Waals surface area contributed by atoms with Crippen molar-refractivity contribution in [1.29, 1.82) is 0 Å². The number of carbonyl (C=O) groups is 2. The first-order valence-corrected chi connectivity index (χ1v) is 14.0. The number of nitrogens with one attached hydrogen (secondary N) is 1. The van der Waals surface area contributed by atoms with Crippen molar-refractivity contribution in [2.45, 2.75) is 19.1 Å². The first-order chi connectivity index (χ1) is 20.8. The summed E-state index contributed by atoms with van der Waals surface area (Å²) < 4.78 is 70.5. The van der Waals surface area contributed by atoms with Crippen molar-refractivity contribution >= 4 is 29.2 Å². The summed E-state index contributed by atoms with van der Waals surface area (Å²) in [6, 6.07) is 7.82. The molecule has 1 unspecified atom stereocenters. The van der Waals surface area contributed by atoms with Crippen LogP contribution in [0.5, 0.6) is 0 Å². The average molecular weight is 619 g/mol. The number of alkyl halides is 3. The van der Waals surface area contributed by atoms with Crippen LogP contribution >= 0.6 is 0 Å². The fraction of sp³-hybridized carbons (Fsp3) is 0.367. The van der Waals surface area contributed by atoms with E-state index < -0.39 is 40.9 Å². The van der Waals surface area contributed by atoms with Crippen LogP contribution in [-0.4, -0.2) is 90.8 Å². The Balaban J connectivity index is 1.48. The molecule has 3 aromatic rings. The van der Waals surface area contributed by atoms with Gasteiger partial charge in [-0.05, 0) is 56.4 Å². The molecule has 1 atom stereocenters. The molecule has 234 valence electrons. The summed E-state index contributed by atoms with van der Waals surface area (Å²) in [6.07, 6.45) is -4.52. The molecule has 14 heteroatoms. The smallest absolute Gasteiger partial charge is 0.417 e. The number of likely N-dealkylation sites (N-methyl/N-ethyl adjacent to an activating group) is 1. The Labute approximate surface area is 250 Å². The monoisotopic (exact) mass is 618 g/mol. The SMILES string of the molecule is CC1CN(c2cc(F)c(-c3ccc(N4CCN(C(=O)O)CC4)nc3)cc2NC(=O)c2ccc(F)cc2C(F)(F)F)CCN1C. The zero-order valence-electron chi connectivity index (χ0n) is 24.0. The zero-order valence-corrected chi connectivity index (χ0v) is 24.0. The van der Waals surface area contributed by atoms with Crippen molar-refractivity contribution in [3.8, 4) is 11.1 Å². The Morgan fingerprint density at radius 3 is 2.27 bits per heavy atom. The van der Waals surface area contributed by atoms with Gasteiger partial charge in [0, 0.05) is 69.2 Å². The molecule has 5 rings (SSSR count). The maximum absolute atomic E-state index is 15.7. The molecule has 0 saturated carbocycles. The highest BCUT2D eigenvalue weighted by Crippen LogP contribution is 2.37. The Morgan fingerprint density at radius 2 is 1.66 bits per heavy atom. The van der Waals surface area contributed by atoms with Gasteiger partial charge in [-0.3, -0.25) is 4.79 Å². The number of hydrogen-bond donors (Lipinski definition) is 2. The number of aromatic nitrogens is 1. The Hall–Kier alpha value is -4.46. The number of pyridine rings is 1. The van der Waals surface area contributed by atoms with E-state index in [1.165, 1.54) is 23.2 Å². The van der Waals surface area contributed by atoms with Gasteiger partial charge in [-0.25, -0.2) is 18.6 Å². The van der Waals surface area contributed by atoms with Gasteiger partial charge in [-0.15, -0.1) is 0 Å². The molecule has 2 N–H and O–H groups in total. The van der Waals surface area contributed by atoms with E-state index in [0.29, 0.717) is 62.9 Å². The van der Waals surface area contributed by atoms with E-state index in [9.17, 15) is 32.3 Å². The van der Waals surface area contributed by atoms with Gasteiger partial charge in [0.15, 0.2) is 0 Å². The van der Waals surface area contributed by atoms with E-state index >= 15 is 4.39 Å². The van der Waals surface area contributed by atoms with Gasteiger partial charge in [0.1, 0.15) is 17.5 Å². The topological polar surface area (TPSA) is 92.2 Å². The minimum atomic E-state index is -4.98. The summed E-state index contributed by atoms with van der Waals surface area (Å²) in [7, 11) is 1.95. The molecule has 3 heterocycles. The fourth-order valence-corrected chi connectivity index (χ4v) is 5.41. The van der Waals surface area contributed by atoms with E-state index in [-0.39, 0.29) is 23.4 Å². The highest BCUT2D eigenvalue weighted by atomic mass is 19.4. The number of carboxylic acid groups (broad SMARTS) is 1. The van der Waals surface area contributed by atoms with Gasteiger partial charge in [-0.1, -0.05) is 0 Å². The normalized spacial score (nSPS) is 18.0. The molecule has 2 aliphatic heterocycles. The van der Waals surface area contributed by atoms with E-state index in [1.807, 2.05) is 23.8 Å². The molecule has 2 aliphatic rings. The highest BCUT2D eigenvalue weighted by molar-refractivity contribution is 6.07. The molecule has 0 aliphatic carbocycles. The lowest BCUT2D eigenvalue weighted by Crippen LogP contribution is -2.50. The van der Waals surface area contributed by atoms with Gasteiger partial charge in [0.25, 0.3) is 5.91 Å². The number of halogens is 5. The molecular formula is C30H31F5N6O3. The second kappa shape index (κ2) is 12.3. The average Bonchev–Trinajstić information content (AvgIpc) is 2.99. The number of piperazine rings is 2. The van der Waals surface area contributed by atoms with Crippen molar-refractivity contribution in [2.75, 3.05) is 68.0 Å². The number of carbonyl (C=O) groups excluding carboxylic acids is 1. The van der Waals surface area contributed by atoms with E-state index in [1.54, 1.807) is 12.1 Å². The number of benzene rings is 2. The second-order valence-electron chi connectivity index (χ2n) is 10.9. The zero-order chi connectivity index (χ0) is 31.8. The lowest BCUT2D eigenvalue weighted by atomic mass is 10.0. The standard InChI is InChI=1S/C30H31F5N6O3/c1-18-17-41(8-7-38(18)2)26-15-24(32)22(19-3-6-27(36-16-19)39-9-11-40(12-10-39)29(43)44)14-25(26)37-28(42)21-5-4-20(31)13-23(21)30(33,34)35/h3-6,13-16,18H,7-12,17H2,1-2H3,(H,37,42)(H,43,44). The van der Waals surface area contributed by atoms with E-state index in [4.69, 9.17) is 0 Å². The predicted molar refractivity (Wildman–Crippen MR) is 155 cm³/mol. The molecule has 2 aromatic carbocycles. The number of hydrogen-bond acceptors (Lipinski definition) is 6. The van der Waals surface area contributed by atoms with Gasteiger partial charge in [0.05, 0.1) is 22.5 Å². The van der Waals surface area contributed by atoms with Crippen molar-refractivity contribution in [3.63, 3.8) is 0 Å². The lowest BCUT2D eigenvalue weighted by molar-refractivity contribution is -0.138. The predicted octanol–water partition coefficient (Wildman–Crippen LogP) is 5.24. The third-order valence-corrected chi connectivity index (χ3v) is 8.10. The van der Waals surface area contributed by atoms with Crippen LogP contribution in [0.1, 0.15) is 22.8 Å². The van der Waals surface area contributed by atoms with Crippen LogP contribution in [0.2, 0.25) is 0 Å². The maximum Gasteiger partial charge on any atom is 0.417 e. The van der Waals surface area contributed by atoms with Gasteiger partial charge >= 0.3 is 12.3 Å². The van der Waals surface area contributed by atoms with Crippen LogP contribution < -0.4 is 15.1 Å². The van der Waals surface area contributed by atoms with Gasteiger partial charge in [-0.2, -0.15) is 13.2 Å². The molecule has 2 amide bonds. The minimum absolute atomic E-state index is 0.0659. The van der Waals surface area contributed by atoms with Crippen LogP contribution in [0, 0.1) is 11.6 Å². The summed E-state index contributed by atoms with van der Waals surface area (Å²) in [5.41, 5.74) is -1.36. The summed E-state index contributed by atoms with van der Waals surface area (Å²) in [5, 5.41) is 11.7. The molecule has 1 aromatic heterocycles. The first kappa shape index (κ1) is 31.0. The highest BCUT2D eigenvalue weighted by Gasteiger charge is 2.36. The molecule has 0 spiro atoms. The third-order valence-electron chi connectivity index (χ3n) is 8.10. The number of anilines is 3. The van der Waals surface area contributed by atoms with E-state index in [2.05, 4.69) is 15.2 Å². The maximum atomic E-state index is 15.7. The fourth-order valence-electron chi connectivity index (χ4n) is 5.41. The van der Waals surface area contributed by atoms with Crippen LogP contribution in [-0.2, 0) is 6.18 Å². The summed E-state index contributed by atoms with van der Waals surface area (Å²) in [6.45, 7) is 5.08. The van der Waals surface area contributed by atoms with Crippen LogP contribution in [0.25, 0.3) is 11.1 Å². The van der Waals surface area contributed by atoms with Gasteiger partial charge < -0.3 is 30.0 Å². The quantitative estimate of drug-likeness (QED) is 0.378. The van der Waals surface area contributed by atoms with Crippen molar-refractivity contribution in [1.82, 2.24) is 14.8 Å². The summed E-state index contributed by atoms with van der Waals surface area (Å²) in [5.74, 6) is -2.30. The molecule has 2 saturated heterocycles. The third kappa shape index (κ3) is 6.54. The second-order valence-corrected chi connectivity index (χ2v) is 10.9. The van der Waals surface area contributed by atoms with Crippen LogP contribution in [0.3, 0.4) is 0 Å². The van der Waals surface area contributed by atoms with Crippen molar-refractivity contribution in [2.24, 2.45) is 0 Å². The largest absolute Gasteiger partial charge is 0.465 e. The Morgan fingerprint density at radius 1 is 0.955 bits per heavy atom. The van der Waals surface area contributed by atoms with Crippen LogP contribution in [0.15, 0.2) is 48.7 Å². The Bertz CT molecular complexity index is 1540. The molecule has 0 bridgehead atoms. The molecule has 9 nitrogen and oxygen atoms in total. The van der Waals surface area contributed by atoms with E-state index in [0.717, 1.165) is 12.1 Å². The first-order valence-electron chi connectivity index (χ1n) is 14.0. The number of nitrogens with zero attached hydrogens (tertiary/aromatic N) is 5. The molecule has 0 radical (unpaired) electrons. The minimum Gasteiger partial charge on any atom is -0.465 e. The summed E-state index contributed by atoms with van der Waals surface area (Å²) >= 11 is 0. The molecule has 2 fully saturated rings.